The van der Waals surface area contributed by atoms with E-state index in [1.807, 2.05) is 0 Å². The van der Waals surface area contributed by atoms with Crippen LogP contribution in [0.2, 0.25) is 0 Å². The van der Waals surface area contributed by atoms with E-state index in [1.54, 1.807) is 24.3 Å². The van der Waals surface area contributed by atoms with Gasteiger partial charge in [0.25, 0.3) is 5.91 Å². The number of benzene rings is 2. The second kappa shape index (κ2) is 9.98. The number of anilines is 1. The summed E-state index contributed by atoms with van der Waals surface area (Å²) in [6, 6.07) is 9.57. The summed E-state index contributed by atoms with van der Waals surface area (Å²) in [5.41, 5.74) is 1.61. The van der Waals surface area contributed by atoms with Crippen molar-refractivity contribution in [3.05, 3.63) is 47.5 Å². The summed E-state index contributed by atoms with van der Waals surface area (Å²) in [7, 11) is 4.40. The van der Waals surface area contributed by atoms with E-state index in [0.29, 0.717) is 34.1 Å². The standard InChI is InChI=1S/C20H22N2O7/c1-27-16-10-13(11-17(28-2)19(16)29-3)20(25)21-14-6-4-12(5-7-14)15(22-26)8-9-18(23)24/h4-7,10-11,26H,8-9H2,1-3H3,(H,21,25)(H,23,24). The zero-order valence-electron chi connectivity index (χ0n) is 16.3. The van der Waals surface area contributed by atoms with E-state index in [9.17, 15) is 9.59 Å². The number of rotatable bonds is 9. The summed E-state index contributed by atoms with van der Waals surface area (Å²) < 4.78 is 15.7. The molecule has 0 unspecified atom stereocenters. The van der Waals surface area contributed by atoms with Crippen LogP contribution in [0.5, 0.6) is 17.2 Å². The molecule has 0 spiro atoms. The molecule has 9 heteroatoms. The van der Waals surface area contributed by atoms with Crippen LogP contribution in [0.3, 0.4) is 0 Å². The molecule has 0 aliphatic carbocycles. The van der Waals surface area contributed by atoms with Gasteiger partial charge in [-0.05, 0) is 29.8 Å². The highest BCUT2D eigenvalue weighted by Crippen LogP contribution is 2.38. The number of carbonyl (C=O) groups excluding carboxylic acids is 1. The van der Waals surface area contributed by atoms with E-state index >= 15 is 0 Å². The predicted octanol–water partition coefficient (Wildman–Crippen LogP) is 3.01. The van der Waals surface area contributed by atoms with Crippen molar-refractivity contribution in [3.63, 3.8) is 0 Å². The van der Waals surface area contributed by atoms with Gasteiger partial charge in [-0.2, -0.15) is 0 Å². The molecule has 0 aromatic heterocycles. The molecule has 0 atom stereocenters. The van der Waals surface area contributed by atoms with Crippen molar-refractivity contribution in [2.24, 2.45) is 5.16 Å². The lowest BCUT2D eigenvalue weighted by Crippen LogP contribution is -2.13. The van der Waals surface area contributed by atoms with Gasteiger partial charge in [0.2, 0.25) is 5.75 Å². The van der Waals surface area contributed by atoms with Crippen molar-refractivity contribution in [1.29, 1.82) is 0 Å². The van der Waals surface area contributed by atoms with Gasteiger partial charge in [0, 0.05) is 17.7 Å². The van der Waals surface area contributed by atoms with Gasteiger partial charge >= 0.3 is 5.97 Å². The second-order valence-electron chi connectivity index (χ2n) is 5.89. The average molecular weight is 402 g/mol. The van der Waals surface area contributed by atoms with Crippen molar-refractivity contribution in [2.75, 3.05) is 26.6 Å². The van der Waals surface area contributed by atoms with Crippen LogP contribution >= 0.6 is 0 Å². The van der Waals surface area contributed by atoms with Crippen LogP contribution in [0.1, 0.15) is 28.8 Å². The van der Waals surface area contributed by atoms with Crippen LogP contribution in [0, 0.1) is 0 Å². The Kier molecular flexibility index (Phi) is 7.41. The number of hydrogen-bond acceptors (Lipinski definition) is 7. The van der Waals surface area contributed by atoms with Crippen LogP contribution in [0.25, 0.3) is 0 Å². The maximum atomic E-state index is 12.6. The van der Waals surface area contributed by atoms with Crippen LogP contribution in [0.15, 0.2) is 41.6 Å². The van der Waals surface area contributed by atoms with E-state index in [2.05, 4.69) is 10.5 Å². The fourth-order valence-electron chi connectivity index (χ4n) is 2.64. The van der Waals surface area contributed by atoms with E-state index in [-0.39, 0.29) is 24.5 Å². The van der Waals surface area contributed by atoms with Crippen molar-refractivity contribution >= 4 is 23.3 Å². The maximum absolute atomic E-state index is 12.6. The molecule has 0 aliphatic heterocycles. The number of aliphatic carboxylic acids is 1. The van der Waals surface area contributed by atoms with E-state index < -0.39 is 5.97 Å². The minimum absolute atomic E-state index is 0.0863. The van der Waals surface area contributed by atoms with Gasteiger partial charge in [0.1, 0.15) is 0 Å². The van der Waals surface area contributed by atoms with Crippen LogP contribution < -0.4 is 19.5 Å². The quantitative estimate of drug-likeness (QED) is 0.334. The minimum atomic E-state index is -0.986. The number of carboxylic acid groups (broad SMARTS) is 1. The smallest absolute Gasteiger partial charge is 0.303 e. The number of nitrogens with zero attached hydrogens (tertiary/aromatic N) is 1. The number of nitrogens with one attached hydrogen (secondary N) is 1. The van der Waals surface area contributed by atoms with Crippen molar-refractivity contribution < 1.29 is 34.1 Å². The molecule has 154 valence electrons. The number of hydrogen-bond donors (Lipinski definition) is 3. The Morgan fingerprint density at radius 1 is 0.931 bits per heavy atom. The summed E-state index contributed by atoms with van der Waals surface area (Å²) in [5.74, 6) is -0.281. The van der Waals surface area contributed by atoms with Crippen molar-refractivity contribution in [1.82, 2.24) is 0 Å². The molecule has 3 N–H and O–H groups in total. The number of ether oxygens (including phenoxy) is 3. The molecule has 0 heterocycles. The van der Waals surface area contributed by atoms with E-state index in [0.717, 1.165) is 0 Å². The lowest BCUT2D eigenvalue weighted by Gasteiger charge is -2.14. The topological polar surface area (TPSA) is 127 Å². The summed E-state index contributed by atoms with van der Waals surface area (Å²) in [5, 5.41) is 23.7. The highest BCUT2D eigenvalue weighted by atomic mass is 16.5. The van der Waals surface area contributed by atoms with Gasteiger partial charge in [0.05, 0.1) is 33.5 Å². The first-order chi connectivity index (χ1) is 13.9. The highest BCUT2D eigenvalue weighted by molar-refractivity contribution is 6.06. The number of carboxylic acids is 1. The maximum Gasteiger partial charge on any atom is 0.303 e. The number of oxime groups is 1. The largest absolute Gasteiger partial charge is 0.493 e. The van der Waals surface area contributed by atoms with Gasteiger partial charge in [-0.25, -0.2) is 0 Å². The van der Waals surface area contributed by atoms with Crippen LogP contribution in [-0.4, -0.2) is 49.2 Å². The summed E-state index contributed by atoms with van der Waals surface area (Å²) in [4.78, 5) is 23.3. The molecule has 0 bridgehead atoms. The van der Waals surface area contributed by atoms with Crippen molar-refractivity contribution in [3.8, 4) is 17.2 Å². The molecule has 9 nitrogen and oxygen atoms in total. The Hall–Kier alpha value is -3.75. The molecule has 0 aliphatic rings. The van der Waals surface area contributed by atoms with Gasteiger partial charge in [0.15, 0.2) is 11.5 Å². The third kappa shape index (κ3) is 5.38. The lowest BCUT2D eigenvalue weighted by atomic mass is 10.1. The van der Waals surface area contributed by atoms with Gasteiger partial charge in [-0.1, -0.05) is 17.3 Å². The first-order valence-electron chi connectivity index (χ1n) is 8.58. The number of carbonyl (C=O) groups is 2. The average Bonchev–Trinajstić information content (AvgIpc) is 2.73. The van der Waals surface area contributed by atoms with Crippen molar-refractivity contribution in [2.45, 2.75) is 12.8 Å². The molecule has 0 fully saturated rings. The first-order valence-corrected chi connectivity index (χ1v) is 8.58. The lowest BCUT2D eigenvalue weighted by molar-refractivity contribution is -0.136. The summed E-state index contributed by atoms with van der Waals surface area (Å²) >= 11 is 0. The minimum Gasteiger partial charge on any atom is -0.493 e. The fourth-order valence-corrected chi connectivity index (χ4v) is 2.64. The zero-order chi connectivity index (χ0) is 21.4. The Bertz CT molecular complexity index is 883. The Morgan fingerprint density at radius 2 is 1.52 bits per heavy atom. The fraction of sp³-hybridized carbons (Fsp3) is 0.250. The summed E-state index contributed by atoms with van der Waals surface area (Å²) in [6.07, 6.45) is -0.0675. The molecule has 29 heavy (non-hydrogen) atoms. The van der Waals surface area contributed by atoms with Gasteiger partial charge in [-0.3, -0.25) is 9.59 Å². The molecule has 2 rings (SSSR count). The molecule has 1 amide bonds. The highest BCUT2D eigenvalue weighted by Gasteiger charge is 2.17. The first kappa shape index (κ1) is 21.5. The van der Waals surface area contributed by atoms with Crippen LogP contribution in [-0.2, 0) is 4.79 Å². The third-order valence-corrected chi connectivity index (χ3v) is 4.10. The third-order valence-electron chi connectivity index (χ3n) is 4.10. The Morgan fingerprint density at radius 3 is 1.97 bits per heavy atom. The van der Waals surface area contributed by atoms with E-state index in [4.69, 9.17) is 24.5 Å². The second-order valence-corrected chi connectivity index (χ2v) is 5.89. The molecular weight excluding hydrogens is 380 g/mol. The van der Waals surface area contributed by atoms with Gasteiger partial charge < -0.3 is 29.8 Å². The van der Waals surface area contributed by atoms with Gasteiger partial charge in [-0.15, -0.1) is 0 Å². The molecule has 2 aromatic carbocycles. The molecule has 0 saturated heterocycles. The number of amides is 1. The summed E-state index contributed by atoms with van der Waals surface area (Å²) in [6.45, 7) is 0. The molecule has 0 radical (unpaired) electrons. The van der Waals surface area contributed by atoms with Crippen LogP contribution in [0.4, 0.5) is 5.69 Å². The number of methoxy groups -OCH3 is 3. The zero-order valence-corrected chi connectivity index (χ0v) is 16.3. The molecule has 0 saturated carbocycles. The Balaban J connectivity index is 2.18. The van der Waals surface area contributed by atoms with E-state index in [1.165, 1.54) is 33.5 Å². The SMILES string of the molecule is COc1cc(C(=O)Nc2ccc(C(CCC(=O)O)=NO)cc2)cc(OC)c1OC. The molecular formula is C20H22N2O7. The Labute approximate surface area is 167 Å². The molecule has 2 aromatic rings. The predicted molar refractivity (Wildman–Crippen MR) is 106 cm³/mol. The monoisotopic (exact) mass is 402 g/mol. The normalized spacial score (nSPS) is 10.9.